The maximum absolute atomic E-state index is 12.1. The summed E-state index contributed by atoms with van der Waals surface area (Å²) in [5.74, 6) is -0.0670. The first-order valence-corrected chi connectivity index (χ1v) is 6.13. The predicted molar refractivity (Wildman–Crippen MR) is 70.6 cm³/mol. The van der Waals surface area contributed by atoms with Crippen LogP contribution in [0.5, 0.6) is 0 Å². The zero-order valence-electron chi connectivity index (χ0n) is 10.8. The molecule has 5 nitrogen and oxygen atoms in total. The third-order valence-electron chi connectivity index (χ3n) is 3.03. The molecule has 2 N–H and O–H groups in total. The minimum absolute atomic E-state index is 0.0670. The Morgan fingerprint density at radius 1 is 1.33 bits per heavy atom. The van der Waals surface area contributed by atoms with Crippen LogP contribution in [0.25, 0.3) is 0 Å². The summed E-state index contributed by atoms with van der Waals surface area (Å²) < 4.78 is 5.24. The first-order chi connectivity index (χ1) is 8.70. The summed E-state index contributed by atoms with van der Waals surface area (Å²) in [7, 11) is 1.87. The van der Waals surface area contributed by atoms with Crippen molar-refractivity contribution in [2.75, 3.05) is 38.7 Å². The van der Waals surface area contributed by atoms with Crippen molar-refractivity contribution in [2.45, 2.75) is 6.92 Å². The minimum atomic E-state index is -0.0670. The van der Waals surface area contributed by atoms with E-state index in [1.54, 1.807) is 0 Å². The molecule has 0 spiro atoms. The fraction of sp³-hybridized carbons (Fsp3) is 0.462. The summed E-state index contributed by atoms with van der Waals surface area (Å²) in [6, 6.07) is 5.64. The lowest BCUT2D eigenvalue weighted by atomic mass is 10.1. The summed E-state index contributed by atoms with van der Waals surface area (Å²) in [6.07, 6.45) is 0. The number of hydrogen-bond acceptors (Lipinski definition) is 4. The molecule has 0 atom stereocenters. The Balaban J connectivity index is 2.01. The molecule has 0 radical (unpaired) electrons. The maximum Gasteiger partial charge on any atom is 0.265 e. The lowest BCUT2D eigenvalue weighted by Gasteiger charge is -2.27. The summed E-state index contributed by atoms with van der Waals surface area (Å²) in [5.41, 5.74) is 5.67. The van der Waals surface area contributed by atoms with E-state index in [1.165, 1.54) is 0 Å². The first kappa shape index (κ1) is 12.9. The van der Waals surface area contributed by atoms with E-state index in [0.717, 1.165) is 24.3 Å². The third-order valence-corrected chi connectivity index (χ3v) is 3.03. The van der Waals surface area contributed by atoms with Gasteiger partial charge in [0.2, 0.25) is 0 Å². The Morgan fingerprint density at radius 2 is 2.06 bits per heavy atom. The van der Waals surface area contributed by atoms with Gasteiger partial charge < -0.3 is 10.1 Å². The van der Waals surface area contributed by atoms with E-state index in [9.17, 15) is 4.79 Å². The first-order valence-electron chi connectivity index (χ1n) is 6.13. The van der Waals surface area contributed by atoms with Crippen LogP contribution < -0.4 is 10.7 Å². The van der Waals surface area contributed by atoms with Crippen molar-refractivity contribution in [3.63, 3.8) is 0 Å². The second-order valence-electron chi connectivity index (χ2n) is 4.32. The molecule has 1 heterocycles. The van der Waals surface area contributed by atoms with Gasteiger partial charge in [-0.05, 0) is 30.7 Å². The molecular formula is C13H19N3O2. The van der Waals surface area contributed by atoms with Gasteiger partial charge in [0.25, 0.3) is 5.91 Å². The zero-order valence-corrected chi connectivity index (χ0v) is 10.8. The van der Waals surface area contributed by atoms with Crippen LogP contribution in [0.4, 0.5) is 5.69 Å². The van der Waals surface area contributed by atoms with Crippen molar-refractivity contribution < 1.29 is 9.53 Å². The van der Waals surface area contributed by atoms with Gasteiger partial charge in [-0.25, -0.2) is 5.01 Å². The van der Waals surface area contributed by atoms with Crippen LogP contribution in [0.2, 0.25) is 0 Å². The number of hydrazine groups is 1. The van der Waals surface area contributed by atoms with Gasteiger partial charge in [0.15, 0.2) is 0 Å². The Labute approximate surface area is 107 Å². The zero-order chi connectivity index (χ0) is 13.0. The van der Waals surface area contributed by atoms with Gasteiger partial charge in [0.05, 0.1) is 13.2 Å². The molecule has 5 heteroatoms. The molecule has 0 aliphatic carbocycles. The van der Waals surface area contributed by atoms with Gasteiger partial charge >= 0.3 is 0 Å². The number of hydrogen-bond donors (Lipinski definition) is 2. The highest BCUT2D eigenvalue weighted by Crippen LogP contribution is 2.15. The molecular weight excluding hydrogens is 230 g/mol. The van der Waals surface area contributed by atoms with E-state index in [0.29, 0.717) is 18.8 Å². The molecule has 1 fully saturated rings. The van der Waals surface area contributed by atoms with Gasteiger partial charge in [-0.2, -0.15) is 0 Å². The van der Waals surface area contributed by atoms with Crippen molar-refractivity contribution in [1.29, 1.82) is 0 Å². The van der Waals surface area contributed by atoms with Gasteiger partial charge in [0.1, 0.15) is 0 Å². The number of morpholine rings is 1. The van der Waals surface area contributed by atoms with Crippen molar-refractivity contribution in [3.05, 3.63) is 29.3 Å². The largest absolute Gasteiger partial charge is 0.388 e. The molecule has 1 aromatic rings. The van der Waals surface area contributed by atoms with Crippen molar-refractivity contribution >= 4 is 11.6 Å². The third kappa shape index (κ3) is 3.00. The Kier molecular flexibility index (Phi) is 4.17. The fourth-order valence-corrected chi connectivity index (χ4v) is 1.97. The van der Waals surface area contributed by atoms with Crippen LogP contribution in [0.1, 0.15) is 15.9 Å². The van der Waals surface area contributed by atoms with E-state index in [1.807, 2.05) is 37.2 Å². The normalized spacial score (nSPS) is 16.3. The number of nitrogens with one attached hydrogen (secondary N) is 2. The summed E-state index contributed by atoms with van der Waals surface area (Å²) >= 11 is 0. The molecule has 18 heavy (non-hydrogen) atoms. The van der Waals surface area contributed by atoms with Gasteiger partial charge in [-0.3, -0.25) is 10.2 Å². The van der Waals surface area contributed by atoms with E-state index in [-0.39, 0.29) is 5.91 Å². The highest BCUT2D eigenvalue weighted by atomic mass is 16.5. The van der Waals surface area contributed by atoms with Crippen LogP contribution in [-0.4, -0.2) is 44.3 Å². The summed E-state index contributed by atoms with van der Waals surface area (Å²) in [6.45, 7) is 4.78. The van der Waals surface area contributed by atoms with Gasteiger partial charge in [-0.15, -0.1) is 0 Å². The second kappa shape index (κ2) is 5.84. The molecule has 2 rings (SSSR count). The highest BCUT2D eigenvalue weighted by molar-refractivity contribution is 5.94. The molecule has 1 amide bonds. The predicted octanol–water partition coefficient (Wildman–Crippen LogP) is 1.01. The molecule has 0 unspecified atom stereocenters. The van der Waals surface area contributed by atoms with E-state index in [4.69, 9.17) is 4.74 Å². The lowest BCUT2D eigenvalue weighted by Crippen LogP contribution is -2.48. The number of ether oxygens (including phenoxy) is 1. The summed E-state index contributed by atoms with van der Waals surface area (Å²) in [5, 5.41) is 4.98. The number of carbonyl (C=O) groups excluding carboxylic acids is 1. The second-order valence-corrected chi connectivity index (χ2v) is 4.32. The molecule has 1 aliphatic rings. The number of benzene rings is 1. The Bertz CT molecular complexity index is 428. The van der Waals surface area contributed by atoms with Gasteiger partial charge in [0, 0.05) is 31.4 Å². The van der Waals surface area contributed by atoms with Crippen LogP contribution in [0.15, 0.2) is 18.2 Å². The molecule has 0 aromatic heterocycles. The van der Waals surface area contributed by atoms with E-state index < -0.39 is 0 Å². The molecule has 0 saturated carbocycles. The minimum Gasteiger partial charge on any atom is -0.388 e. The molecule has 0 bridgehead atoms. The molecule has 1 aliphatic heterocycles. The number of anilines is 1. The topological polar surface area (TPSA) is 53.6 Å². The van der Waals surface area contributed by atoms with Crippen LogP contribution in [0, 0.1) is 6.92 Å². The Hall–Kier alpha value is -1.59. The highest BCUT2D eigenvalue weighted by Gasteiger charge is 2.14. The standard InChI is InChI=1S/C13H19N3O2/c1-10-9-11(3-4-12(10)14-2)13(17)15-16-5-7-18-8-6-16/h3-4,9,14H,5-8H2,1-2H3,(H,15,17). The number of nitrogens with zero attached hydrogens (tertiary/aromatic N) is 1. The monoisotopic (exact) mass is 249 g/mol. The van der Waals surface area contributed by atoms with Crippen molar-refractivity contribution in [1.82, 2.24) is 10.4 Å². The Morgan fingerprint density at radius 3 is 2.67 bits per heavy atom. The van der Waals surface area contributed by atoms with Crippen LogP contribution >= 0.6 is 0 Å². The van der Waals surface area contributed by atoms with Gasteiger partial charge in [-0.1, -0.05) is 0 Å². The summed E-state index contributed by atoms with van der Waals surface area (Å²) in [4.78, 5) is 12.1. The lowest BCUT2D eigenvalue weighted by molar-refractivity contribution is 0.0126. The van der Waals surface area contributed by atoms with E-state index in [2.05, 4.69) is 10.7 Å². The van der Waals surface area contributed by atoms with Crippen LogP contribution in [0.3, 0.4) is 0 Å². The molecule has 1 aromatic carbocycles. The van der Waals surface area contributed by atoms with Crippen LogP contribution in [-0.2, 0) is 4.74 Å². The number of aryl methyl sites for hydroxylation is 1. The SMILES string of the molecule is CNc1ccc(C(=O)NN2CCOCC2)cc1C. The smallest absolute Gasteiger partial charge is 0.265 e. The number of rotatable bonds is 3. The maximum atomic E-state index is 12.1. The quantitative estimate of drug-likeness (QED) is 0.839. The number of amides is 1. The van der Waals surface area contributed by atoms with Crippen molar-refractivity contribution in [2.24, 2.45) is 0 Å². The fourth-order valence-electron chi connectivity index (χ4n) is 1.97. The molecule has 1 saturated heterocycles. The molecule has 98 valence electrons. The van der Waals surface area contributed by atoms with E-state index >= 15 is 0 Å². The average Bonchev–Trinajstić information content (AvgIpc) is 2.39. The average molecular weight is 249 g/mol. The number of carbonyl (C=O) groups is 1. The van der Waals surface area contributed by atoms with Crippen molar-refractivity contribution in [3.8, 4) is 0 Å².